The summed E-state index contributed by atoms with van der Waals surface area (Å²) in [5.41, 5.74) is 1.48. The third-order valence-electron chi connectivity index (χ3n) is 10.7. The third-order valence-corrected chi connectivity index (χ3v) is 12.8. The van der Waals surface area contributed by atoms with Crippen molar-refractivity contribution in [1.29, 1.82) is 0 Å². The maximum Gasteiger partial charge on any atom is 0.251 e. The molecule has 3 saturated heterocycles. The molecular weight excluding hydrogens is 647 g/mol. The van der Waals surface area contributed by atoms with E-state index in [0.717, 1.165) is 47.2 Å². The number of likely N-dealkylation sites (tertiary alicyclic amines) is 1. The minimum atomic E-state index is -0.751. The van der Waals surface area contributed by atoms with Crippen LogP contribution in [0, 0.1) is 17.8 Å². The van der Waals surface area contributed by atoms with Gasteiger partial charge >= 0.3 is 0 Å². The molecule has 1 spiro atoms. The van der Waals surface area contributed by atoms with E-state index in [1.807, 2.05) is 78.6 Å². The average molecular weight is 696 g/mol. The van der Waals surface area contributed by atoms with Crippen LogP contribution in [-0.2, 0) is 14.4 Å². The molecule has 3 aliphatic rings. The zero-order valence-corrected chi connectivity index (χ0v) is 30.0. The molecule has 50 heavy (non-hydrogen) atoms. The highest BCUT2D eigenvalue weighted by atomic mass is 32.2. The van der Waals surface area contributed by atoms with Crippen LogP contribution in [0.3, 0.4) is 0 Å². The minimum Gasteiger partial charge on any atom is -0.494 e. The van der Waals surface area contributed by atoms with Crippen molar-refractivity contribution in [3.63, 3.8) is 0 Å². The van der Waals surface area contributed by atoms with Gasteiger partial charge in [-0.2, -0.15) is 0 Å². The molecule has 3 aromatic carbocycles. The number of anilines is 2. The third kappa shape index (κ3) is 6.35. The van der Waals surface area contributed by atoms with Gasteiger partial charge in [-0.3, -0.25) is 14.4 Å². The van der Waals surface area contributed by atoms with E-state index in [9.17, 15) is 14.7 Å². The van der Waals surface area contributed by atoms with Gasteiger partial charge in [0.25, 0.3) is 5.91 Å². The Balaban J connectivity index is 1.39. The van der Waals surface area contributed by atoms with Crippen LogP contribution in [0.15, 0.2) is 92.0 Å². The predicted octanol–water partition coefficient (Wildman–Crippen LogP) is 6.87. The van der Waals surface area contributed by atoms with E-state index in [4.69, 9.17) is 4.74 Å². The van der Waals surface area contributed by atoms with E-state index < -0.39 is 22.6 Å². The maximum atomic E-state index is 15.2. The lowest BCUT2D eigenvalue weighted by molar-refractivity contribution is -0.139. The molecule has 8 nitrogen and oxygen atoms in total. The van der Waals surface area contributed by atoms with Crippen LogP contribution in [0.25, 0.3) is 10.8 Å². The molecule has 0 radical (unpaired) electrons. The van der Waals surface area contributed by atoms with Crippen LogP contribution in [-0.4, -0.2) is 76.6 Å². The lowest BCUT2D eigenvalue weighted by atomic mass is 9.65. The topological polar surface area (TPSA) is 90.4 Å². The van der Waals surface area contributed by atoms with Crippen molar-refractivity contribution < 1.29 is 24.2 Å². The van der Waals surface area contributed by atoms with Crippen LogP contribution in [0.5, 0.6) is 5.75 Å². The Hall–Kier alpha value is -4.08. The first-order valence-electron chi connectivity index (χ1n) is 18.0. The first-order chi connectivity index (χ1) is 24.3. The fraction of sp³-hybridized carbons (Fsp3) is 0.439. The second-order valence-corrected chi connectivity index (χ2v) is 15.2. The van der Waals surface area contributed by atoms with Gasteiger partial charge in [-0.05, 0) is 79.3 Å². The first kappa shape index (κ1) is 35.7. The van der Waals surface area contributed by atoms with Crippen molar-refractivity contribution in [3.8, 4) is 5.75 Å². The van der Waals surface area contributed by atoms with Gasteiger partial charge < -0.3 is 24.5 Å². The summed E-state index contributed by atoms with van der Waals surface area (Å²) >= 11 is 1.70. The molecule has 264 valence electrons. The number of rotatable bonds is 16. The number of unbranched alkanes of at least 4 members (excludes halogenated alkanes) is 3. The summed E-state index contributed by atoms with van der Waals surface area (Å²) in [6.07, 6.45) is 7.30. The van der Waals surface area contributed by atoms with Crippen LogP contribution < -0.4 is 14.5 Å². The van der Waals surface area contributed by atoms with E-state index >= 15 is 4.79 Å². The number of ether oxygens (including phenoxy) is 1. The van der Waals surface area contributed by atoms with Crippen LogP contribution >= 0.6 is 11.8 Å². The summed E-state index contributed by atoms with van der Waals surface area (Å²) in [4.78, 5) is 50.1. The molecule has 3 heterocycles. The highest BCUT2D eigenvalue weighted by Crippen LogP contribution is 2.69. The molecule has 6 atom stereocenters. The number of fused-ring (bicyclic) bond motifs is 2. The summed E-state index contributed by atoms with van der Waals surface area (Å²) in [6, 6.07) is 20.8. The molecule has 0 aromatic heterocycles. The fourth-order valence-electron chi connectivity index (χ4n) is 8.53. The standard InChI is InChI=1S/C41H49N3O5S/c1-5-22-42(31-18-20-33(21-19-31)49-7-3)38(46)35-34-26-28(4)41(50-34)36(35)39(47)44(24-12-8-9-13-25-45)37(41)40(48)43(23-6-2)32-17-16-29-14-10-11-15-30(29)27-32/h5-6,10-11,14-21,27-28,34-37,45H,1-2,7-9,12-13,22-26H2,3-4H3/t28?,34-,35+,36+,37?,41?/m1/s1. The lowest BCUT2D eigenvalue weighted by Gasteiger charge is -2.41. The van der Waals surface area contributed by atoms with Crippen molar-refractivity contribution >= 4 is 51.6 Å². The van der Waals surface area contributed by atoms with Gasteiger partial charge in [-0.25, -0.2) is 0 Å². The van der Waals surface area contributed by atoms with Gasteiger partial charge in [0.1, 0.15) is 11.8 Å². The quantitative estimate of drug-likeness (QED) is 0.130. The molecule has 9 heteroatoms. The summed E-state index contributed by atoms with van der Waals surface area (Å²) in [5, 5.41) is 11.4. The van der Waals surface area contributed by atoms with E-state index in [0.29, 0.717) is 39.1 Å². The predicted molar refractivity (Wildman–Crippen MR) is 203 cm³/mol. The van der Waals surface area contributed by atoms with E-state index in [2.05, 4.69) is 20.1 Å². The molecular formula is C41H49N3O5S. The lowest BCUT2D eigenvalue weighted by Crippen LogP contribution is -2.57. The van der Waals surface area contributed by atoms with Gasteiger partial charge in [0.05, 0.1) is 23.2 Å². The summed E-state index contributed by atoms with van der Waals surface area (Å²) in [6.45, 7) is 13.7. The largest absolute Gasteiger partial charge is 0.494 e. The average Bonchev–Trinajstić information content (AvgIpc) is 3.72. The number of nitrogens with zero attached hydrogens (tertiary/aromatic N) is 3. The molecule has 0 saturated carbocycles. The van der Waals surface area contributed by atoms with Gasteiger partial charge in [-0.15, -0.1) is 24.9 Å². The highest BCUT2D eigenvalue weighted by Gasteiger charge is 2.76. The van der Waals surface area contributed by atoms with Crippen molar-refractivity contribution in [2.45, 2.75) is 62.0 Å². The number of aliphatic hydroxyl groups excluding tert-OH is 1. The molecule has 3 fully saturated rings. The molecule has 3 amide bonds. The second-order valence-electron chi connectivity index (χ2n) is 13.7. The van der Waals surface area contributed by atoms with Crippen molar-refractivity contribution in [1.82, 2.24) is 4.90 Å². The SMILES string of the molecule is C=CCN(C(=O)C1N(CCCCCCO)C(=O)[C@@H]2[C@@H](C(=O)N(CC=C)c3ccc(OCC)cc3)[C@H]3CC(C)C12S3)c1ccc2ccccc2c1. The monoisotopic (exact) mass is 695 g/mol. The summed E-state index contributed by atoms with van der Waals surface area (Å²) in [7, 11) is 0. The van der Waals surface area contributed by atoms with Crippen molar-refractivity contribution in [2.24, 2.45) is 17.8 Å². The fourth-order valence-corrected chi connectivity index (χ4v) is 10.9. The minimum absolute atomic E-state index is 0.0457. The molecule has 1 N–H and O–H groups in total. The zero-order chi connectivity index (χ0) is 35.4. The normalized spacial score (nSPS) is 25.1. The Labute approximate surface area is 300 Å². The molecule has 3 aromatic rings. The Morgan fingerprint density at radius 3 is 2.28 bits per heavy atom. The van der Waals surface area contributed by atoms with E-state index in [1.54, 1.807) is 33.7 Å². The summed E-state index contributed by atoms with van der Waals surface area (Å²) in [5.74, 6) is -0.767. The highest BCUT2D eigenvalue weighted by molar-refractivity contribution is 8.02. The number of thioether (sulfide) groups is 1. The smallest absolute Gasteiger partial charge is 0.251 e. The Kier molecular flexibility index (Phi) is 11.0. The van der Waals surface area contributed by atoms with E-state index in [-0.39, 0.29) is 35.5 Å². The zero-order valence-electron chi connectivity index (χ0n) is 29.2. The Morgan fingerprint density at radius 1 is 0.940 bits per heavy atom. The second kappa shape index (κ2) is 15.4. The van der Waals surface area contributed by atoms with Gasteiger partial charge in [0.15, 0.2) is 0 Å². The van der Waals surface area contributed by atoms with Gasteiger partial charge in [0.2, 0.25) is 11.8 Å². The van der Waals surface area contributed by atoms with E-state index in [1.165, 1.54) is 0 Å². The number of hydrogen-bond donors (Lipinski definition) is 1. The number of amides is 3. The number of aliphatic hydroxyl groups is 1. The molecule has 0 aliphatic carbocycles. The maximum absolute atomic E-state index is 15.2. The Bertz CT molecular complexity index is 1730. The number of carbonyl (C=O) groups is 3. The summed E-state index contributed by atoms with van der Waals surface area (Å²) < 4.78 is 4.89. The number of hydrogen-bond acceptors (Lipinski definition) is 6. The van der Waals surface area contributed by atoms with Gasteiger partial charge in [-0.1, -0.05) is 62.2 Å². The molecule has 2 bridgehead atoms. The van der Waals surface area contributed by atoms with Crippen LogP contribution in [0.4, 0.5) is 11.4 Å². The number of benzene rings is 3. The molecule has 3 aliphatic heterocycles. The van der Waals surface area contributed by atoms with Gasteiger partial charge in [0, 0.05) is 42.9 Å². The van der Waals surface area contributed by atoms with Crippen LogP contribution in [0.1, 0.15) is 46.0 Å². The van der Waals surface area contributed by atoms with Crippen LogP contribution in [0.2, 0.25) is 0 Å². The first-order valence-corrected chi connectivity index (χ1v) is 18.8. The molecule has 6 rings (SSSR count). The van der Waals surface area contributed by atoms with Crippen molar-refractivity contribution in [3.05, 3.63) is 92.0 Å². The Morgan fingerprint density at radius 2 is 1.60 bits per heavy atom. The molecule has 3 unspecified atom stereocenters. The van der Waals surface area contributed by atoms with Crippen molar-refractivity contribution in [2.75, 3.05) is 42.6 Å². The number of carbonyl (C=O) groups excluding carboxylic acids is 3.